The van der Waals surface area contributed by atoms with E-state index in [1.54, 1.807) is 41.3 Å². The lowest BCUT2D eigenvalue weighted by atomic mass is 10.1. The van der Waals surface area contributed by atoms with Gasteiger partial charge in [-0.1, -0.05) is 59.8 Å². The molecule has 0 aliphatic carbocycles. The van der Waals surface area contributed by atoms with Crippen LogP contribution in [0.25, 0.3) is 0 Å². The third kappa shape index (κ3) is 6.49. The highest BCUT2D eigenvalue weighted by molar-refractivity contribution is 8.15. The molecule has 1 atom stereocenters. The second-order valence-electron chi connectivity index (χ2n) is 7.84. The van der Waals surface area contributed by atoms with E-state index in [0.717, 1.165) is 5.56 Å². The van der Waals surface area contributed by atoms with Crippen molar-refractivity contribution in [2.45, 2.75) is 18.1 Å². The van der Waals surface area contributed by atoms with Crippen molar-refractivity contribution < 1.29 is 19.5 Å². The number of amides is 2. The molecule has 0 radical (unpaired) electrons. The molecular formula is C26H22ClN3O4S. The maximum Gasteiger partial charge on any atom is 0.335 e. The summed E-state index contributed by atoms with van der Waals surface area (Å²) in [6, 6.07) is 22.7. The molecule has 35 heavy (non-hydrogen) atoms. The predicted octanol–water partition coefficient (Wildman–Crippen LogP) is 5.24. The van der Waals surface area contributed by atoms with Crippen LogP contribution in [0.3, 0.4) is 0 Å². The van der Waals surface area contributed by atoms with Crippen LogP contribution in [-0.4, -0.2) is 44.8 Å². The zero-order valence-electron chi connectivity index (χ0n) is 18.6. The topological polar surface area (TPSA) is 99.1 Å². The molecule has 4 rings (SSSR count). The number of benzene rings is 3. The molecule has 1 heterocycles. The third-order valence-corrected chi connectivity index (χ3v) is 6.77. The summed E-state index contributed by atoms with van der Waals surface area (Å²) in [5, 5.41) is 12.2. The third-order valence-electron chi connectivity index (χ3n) is 5.33. The summed E-state index contributed by atoms with van der Waals surface area (Å²) in [7, 11) is 0. The van der Waals surface area contributed by atoms with Gasteiger partial charge in [0, 0.05) is 23.7 Å². The van der Waals surface area contributed by atoms with Gasteiger partial charge in [0.05, 0.1) is 11.3 Å². The molecule has 178 valence electrons. The van der Waals surface area contributed by atoms with Crippen molar-refractivity contribution in [3.05, 3.63) is 95.0 Å². The summed E-state index contributed by atoms with van der Waals surface area (Å²) in [5.41, 5.74) is 2.12. The van der Waals surface area contributed by atoms with E-state index in [1.807, 2.05) is 30.3 Å². The Balaban J connectivity index is 1.55. The standard InChI is InChI=1S/C26H22ClN3O4S/c27-19-9-11-20(12-10-19)29-26-30(14-13-17-5-2-1-3-6-17)23(31)16-22(35-26)24(32)28-21-8-4-7-18(15-21)25(33)34/h1-12,15,22H,13-14,16H2,(H,28,32)(H,33,34). The van der Waals surface area contributed by atoms with Crippen LogP contribution in [0, 0.1) is 0 Å². The summed E-state index contributed by atoms with van der Waals surface area (Å²) in [4.78, 5) is 43.6. The van der Waals surface area contributed by atoms with Crippen LogP contribution in [-0.2, 0) is 16.0 Å². The number of amidine groups is 1. The van der Waals surface area contributed by atoms with Crippen LogP contribution in [0.4, 0.5) is 11.4 Å². The number of carbonyl (C=O) groups excluding carboxylic acids is 2. The quantitative estimate of drug-likeness (QED) is 0.455. The second kappa shape index (κ2) is 11.2. The van der Waals surface area contributed by atoms with Crippen LogP contribution in [0.2, 0.25) is 5.02 Å². The zero-order chi connectivity index (χ0) is 24.8. The molecule has 1 unspecified atom stereocenters. The second-order valence-corrected chi connectivity index (χ2v) is 9.44. The minimum atomic E-state index is -1.09. The maximum absolute atomic E-state index is 13.1. The number of halogens is 1. The molecule has 1 fully saturated rings. The maximum atomic E-state index is 13.1. The Bertz CT molecular complexity index is 1270. The van der Waals surface area contributed by atoms with Crippen LogP contribution in [0.5, 0.6) is 0 Å². The lowest BCUT2D eigenvalue weighted by Gasteiger charge is -2.32. The first-order valence-electron chi connectivity index (χ1n) is 10.9. The summed E-state index contributed by atoms with van der Waals surface area (Å²) < 4.78 is 0. The molecule has 2 N–H and O–H groups in total. The number of carboxylic acid groups (broad SMARTS) is 1. The van der Waals surface area contributed by atoms with Gasteiger partial charge in [0.15, 0.2) is 5.17 Å². The number of nitrogens with zero attached hydrogens (tertiary/aromatic N) is 2. The smallest absolute Gasteiger partial charge is 0.335 e. The van der Waals surface area contributed by atoms with Gasteiger partial charge in [-0.25, -0.2) is 9.79 Å². The number of rotatable bonds is 7. The highest BCUT2D eigenvalue weighted by Crippen LogP contribution is 2.30. The van der Waals surface area contributed by atoms with E-state index in [4.69, 9.17) is 11.6 Å². The molecule has 2 amide bonds. The van der Waals surface area contributed by atoms with Crippen molar-refractivity contribution in [1.82, 2.24) is 4.90 Å². The van der Waals surface area contributed by atoms with Gasteiger partial charge in [0.1, 0.15) is 5.25 Å². The lowest BCUT2D eigenvalue weighted by molar-refractivity contribution is -0.129. The van der Waals surface area contributed by atoms with Crippen molar-refractivity contribution in [2.24, 2.45) is 4.99 Å². The summed E-state index contributed by atoms with van der Waals surface area (Å²) >= 11 is 7.20. The number of nitrogens with one attached hydrogen (secondary N) is 1. The van der Waals surface area contributed by atoms with Gasteiger partial charge >= 0.3 is 5.97 Å². The van der Waals surface area contributed by atoms with E-state index in [0.29, 0.717) is 34.5 Å². The first kappa shape index (κ1) is 24.5. The van der Waals surface area contributed by atoms with Crippen LogP contribution < -0.4 is 5.32 Å². The number of aliphatic imine (C=N–C) groups is 1. The summed E-state index contributed by atoms with van der Waals surface area (Å²) in [5.74, 6) is -1.68. The zero-order valence-corrected chi connectivity index (χ0v) is 20.1. The Morgan fingerprint density at radius 3 is 2.51 bits per heavy atom. The van der Waals surface area contributed by atoms with E-state index in [2.05, 4.69) is 10.3 Å². The predicted molar refractivity (Wildman–Crippen MR) is 138 cm³/mol. The first-order valence-corrected chi connectivity index (χ1v) is 12.1. The highest BCUT2D eigenvalue weighted by atomic mass is 35.5. The molecule has 1 saturated heterocycles. The molecule has 0 saturated carbocycles. The van der Waals surface area contributed by atoms with Crippen LogP contribution >= 0.6 is 23.4 Å². The van der Waals surface area contributed by atoms with Gasteiger partial charge < -0.3 is 10.4 Å². The number of thioether (sulfide) groups is 1. The number of carbonyl (C=O) groups is 3. The SMILES string of the molecule is O=C(O)c1cccc(NC(=O)C2CC(=O)N(CCc3ccccc3)C(=Nc3ccc(Cl)cc3)S2)c1. The lowest BCUT2D eigenvalue weighted by Crippen LogP contribution is -2.46. The van der Waals surface area contributed by atoms with Crippen LogP contribution in [0.15, 0.2) is 83.9 Å². The van der Waals surface area contributed by atoms with Gasteiger partial charge in [-0.2, -0.15) is 0 Å². The minimum absolute atomic E-state index is 0.00352. The minimum Gasteiger partial charge on any atom is -0.478 e. The fourth-order valence-electron chi connectivity index (χ4n) is 3.53. The number of aromatic carboxylic acids is 1. The molecule has 1 aliphatic rings. The van der Waals surface area contributed by atoms with Crippen molar-refractivity contribution >= 4 is 57.7 Å². The van der Waals surface area contributed by atoms with E-state index < -0.39 is 17.1 Å². The Labute approximate surface area is 211 Å². The number of hydrogen-bond donors (Lipinski definition) is 2. The first-order chi connectivity index (χ1) is 16.9. The number of hydrogen-bond acceptors (Lipinski definition) is 5. The Morgan fingerprint density at radius 1 is 1.06 bits per heavy atom. The average Bonchev–Trinajstić information content (AvgIpc) is 2.85. The molecule has 1 aliphatic heterocycles. The number of anilines is 1. The molecular weight excluding hydrogens is 486 g/mol. The van der Waals surface area contributed by atoms with Gasteiger partial charge in [-0.3, -0.25) is 14.5 Å². The van der Waals surface area contributed by atoms with E-state index in [9.17, 15) is 19.5 Å². The van der Waals surface area contributed by atoms with Gasteiger partial charge in [0.25, 0.3) is 0 Å². The Kier molecular flexibility index (Phi) is 7.84. The summed E-state index contributed by atoms with van der Waals surface area (Å²) in [6.45, 7) is 0.428. The van der Waals surface area contributed by atoms with Crippen LogP contribution in [0.1, 0.15) is 22.3 Å². The van der Waals surface area contributed by atoms with Gasteiger partial charge in [-0.15, -0.1) is 0 Å². The van der Waals surface area contributed by atoms with E-state index >= 15 is 0 Å². The number of carboxylic acids is 1. The fourth-order valence-corrected chi connectivity index (χ4v) is 4.78. The monoisotopic (exact) mass is 507 g/mol. The normalized spacial score (nSPS) is 16.8. The highest BCUT2D eigenvalue weighted by Gasteiger charge is 2.35. The average molecular weight is 508 g/mol. The molecule has 0 spiro atoms. The molecule has 3 aromatic rings. The van der Waals surface area contributed by atoms with Crippen molar-refractivity contribution in [3.8, 4) is 0 Å². The molecule has 3 aromatic carbocycles. The van der Waals surface area contributed by atoms with Gasteiger partial charge in [-0.05, 0) is 54.4 Å². The molecule has 0 aromatic heterocycles. The summed E-state index contributed by atoms with van der Waals surface area (Å²) in [6.07, 6.45) is 0.648. The van der Waals surface area contributed by atoms with Crippen molar-refractivity contribution in [3.63, 3.8) is 0 Å². The largest absolute Gasteiger partial charge is 0.478 e. The Hall–Kier alpha value is -3.62. The van der Waals surface area contributed by atoms with Crippen molar-refractivity contribution in [1.29, 1.82) is 0 Å². The fraction of sp³-hybridized carbons (Fsp3) is 0.154. The van der Waals surface area contributed by atoms with E-state index in [1.165, 1.54) is 23.9 Å². The molecule has 9 heteroatoms. The van der Waals surface area contributed by atoms with Crippen molar-refractivity contribution in [2.75, 3.05) is 11.9 Å². The Morgan fingerprint density at radius 2 is 1.80 bits per heavy atom. The molecule has 7 nitrogen and oxygen atoms in total. The van der Waals surface area contributed by atoms with E-state index in [-0.39, 0.29) is 17.9 Å². The molecule has 0 bridgehead atoms. The van der Waals surface area contributed by atoms with Gasteiger partial charge in [0.2, 0.25) is 11.8 Å².